The SMILES string of the molecule is CCOC(=O)c1cn(N(C)C(=O)CC(=O)OC(c2ccccc2)c2ccccc2)c2c(F)c(F)c(F)cc2c1=O. The van der Waals surface area contributed by atoms with Crippen LogP contribution in [0.4, 0.5) is 13.2 Å². The first kappa shape index (κ1) is 28.1. The number of hydrogen-bond acceptors (Lipinski definition) is 6. The molecule has 0 N–H and O–H groups in total. The summed E-state index contributed by atoms with van der Waals surface area (Å²) < 4.78 is 54.2. The molecule has 1 heterocycles. The molecule has 0 fully saturated rings. The van der Waals surface area contributed by atoms with E-state index in [-0.39, 0.29) is 6.61 Å². The van der Waals surface area contributed by atoms with E-state index in [0.29, 0.717) is 26.9 Å². The average molecular weight is 553 g/mol. The fourth-order valence-corrected chi connectivity index (χ4v) is 4.08. The lowest BCUT2D eigenvalue weighted by Crippen LogP contribution is -2.40. The Labute approximate surface area is 226 Å². The smallest absolute Gasteiger partial charge is 0.343 e. The van der Waals surface area contributed by atoms with Crippen LogP contribution in [0.1, 0.15) is 40.9 Å². The summed E-state index contributed by atoms with van der Waals surface area (Å²) in [4.78, 5) is 51.2. The lowest BCUT2D eigenvalue weighted by atomic mass is 10.0. The molecule has 4 rings (SSSR count). The van der Waals surface area contributed by atoms with Gasteiger partial charge in [-0.05, 0) is 24.1 Å². The fraction of sp³-hybridized carbons (Fsp3) is 0.172. The maximum absolute atomic E-state index is 14.9. The first-order chi connectivity index (χ1) is 19.1. The van der Waals surface area contributed by atoms with Crippen molar-refractivity contribution in [1.29, 1.82) is 0 Å². The number of halogens is 3. The van der Waals surface area contributed by atoms with Gasteiger partial charge in [-0.25, -0.2) is 18.0 Å². The van der Waals surface area contributed by atoms with Crippen LogP contribution in [0.15, 0.2) is 77.7 Å². The average Bonchev–Trinajstić information content (AvgIpc) is 2.95. The predicted molar refractivity (Wildman–Crippen MR) is 139 cm³/mol. The quantitative estimate of drug-likeness (QED) is 0.183. The van der Waals surface area contributed by atoms with Crippen molar-refractivity contribution in [3.8, 4) is 0 Å². The van der Waals surface area contributed by atoms with Crippen molar-refractivity contribution in [2.45, 2.75) is 19.4 Å². The molecule has 0 saturated heterocycles. The molecule has 11 heteroatoms. The molecule has 40 heavy (non-hydrogen) atoms. The van der Waals surface area contributed by atoms with Crippen LogP contribution in [0.5, 0.6) is 0 Å². The molecule has 0 bridgehead atoms. The lowest BCUT2D eigenvalue weighted by Gasteiger charge is -2.24. The van der Waals surface area contributed by atoms with Gasteiger partial charge in [0.1, 0.15) is 17.5 Å². The van der Waals surface area contributed by atoms with Crippen LogP contribution in [-0.2, 0) is 19.1 Å². The number of benzene rings is 3. The molecular weight excluding hydrogens is 529 g/mol. The Balaban J connectivity index is 1.69. The van der Waals surface area contributed by atoms with Crippen LogP contribution in [0, 0.1) is 17.5 Å². The molecule has 8 nitrogen and oxygen atoms in total. The summed E-state index contributed by atoms with van der Waals surface area (Å²) in [5, 5.41) is -0.0240. The third kappa shape index (κ3) is 5.58. The number of fused-ring (bicyclic) bond motifs is 1. The van der Waals surface area contributed by atoms with E-state index in [4.69, 9.17) is 9.47 Å². The molecule has 0 radical (unpaired) electrons. The maximum atomic E-state index is 14.9. The third-order valence-electron chi connectivity index (χ3n) is 6.04. The first-order valence-electron chi connectivity index (χ1n) is 12.1. The van der Waals surface area contributed by atoms with E-state index in [1.807, 2.05) is 0 Å². The zero-order valence-corrected chi connectivity index (χ0v) is 21.4. The molecule has 4 aromatic rings. The number of aromatic nitrogens is 1. The molecule has 0 aliphatic heterocycles. The molecule has 0 aliphatic rings. The molecule has 0 aliphatic carbocycles. The number of hydrogen-bond donors (Lipinski definition) is 0. The molecule has 0 atom stereocenters. The van der Waals surface area contributed by atoms with E-state index in [2.05, 4.69) is 0 Å². The Morgan fingerprint density at radius 1 is 0.925 bits per heavy atom. The van der Waals surface area contributed by atoms with Crippen molar-refractivity contribution in [2.24, 2.45) is 0 Å². The zero-order chi connectivity index (χ0) is 29.0. The number of rotatable bonds is 8. The van der Waals surface area contributed by atoms with Crippen LogP contribution < -0.4 is 10.4 Å². The largest absolute Gasteiger partial charge is 0.462 e. The summed E-state index contributed by atoms with van der Waals surface area (Å²) in [7, 11) is 1.10. The van der Waals surface area contributed by atoms with Crippen molar-refractivity contribution in [2.75, 3.05) is 18.7 Å². The molecule has 206 valence electrons. The summed E-state index contributed by atoms with van der Waals surface area (Å²) in [6, 6.07) is 18.0. The molecule has 1 aromatic heterocycles. The van der Waals surface area contributed by atoms with Gasteiger partial charge < -0.3 is 9.47 Å². The fourth-order valence-electron chi connectivity index (χ4n) is 4.08. The Bertz CT molecular complexity index is 1600. The summed E-state index contributed by atoms with van der Waals surface area (Å²) in [6.07, 6.45) is -0.921. The van der Waals surface area contributed by atoms with Gasteiger partial charge in [-0.2, -0.15) is 0 Å². The van der Waals surface area contributed by atoms with Crippen molar-refractivity contribution >= 4 is 28.7 Å². The van der Waals surface area contributed by atoms with Crippen LogP contribution in [0.3, 0.4) is 0 Å². The summed E-state index contributed by atoms with van der Waals surface area (Å²) in [6.45, 7) is 1.36. The number of carbonyl (C=O) groups is 3. The second kappa shape index (κ2) is 11.9. The number of pyridine rings is 1. The Hall–Kier alpha value is -4.93. The van der Waals surface area contributed by atoms with E-state index in [0.717, 1.165) is 13.2 Å². The molecule has 0 unspecified atom stereocenters. The number of carbonyl (C=O) groups excluding carboxylic acids is 3. The molecule has 3 aromatic carbocycles. The Kier molecular flexibility index (Phi) is 8.32. The van der Waals surface area contributed by atoms with Crippen LogP contribution in [0.25, 0.3) is 10.9 Å². The van der Waals surface area contributed by atoms with Gasteiger partial charge in [0, 0.05) is 13.2 Å². The third-order valence-corrected chi connectivity index (χ3v) is 6.04. The molecule has 0 saturated carbocycles. The highest BCUT2D eigenvalue weighted by atomic mass is 19.2. The van der Waals surface area contributed by atoms with E-state index in [9.17, 15) is 32.3 Å². The van der Waals surface area contributed by atoms with Gasteiger partial charge in [-0.3, -0.25) is 24.1 Å². The highest BCUT2D eigenvalue weighted by molar-refractivity contribution is 6.01. The highest BCUT2D eigenvalue weighted by Gasteiger charge is 2.27. The Morgan fingerprint density at radius 2 is 1.50 bits per heavy atom. The van der Waals surface area contributed by atoms with Crippen LogP contribution in [0.2, 0.25) is 0 Å². The van der Waals surface area contributed by atoms with Gasteiger partial charge >= 0.3 is 11.9 Å². The van der Waals surface area contributed by atoms with Gasteiger partial charge in [-0.15, -0.1) is 0 Å². The molecular formula is C29H23F3N2O6. The first-order valence-corrected chi connectivity index (χ1v) is 12.1. The Morgan fingerprint density at radius 3 is 2.05 bits per heavy atom. The summed E-state index contributed by atoms with van der Waals surface area (Å²) >= 11 is 0. The number of esters is 2. The van der Waals surface area contributed by atoms with Crippen LogP contribution >= 0.6 is 0 Å². The van der Waals surface area contributed by atoms with E-state index >= 15 is 0 Å². The summed E-state index contributed by atoms with van der Waals surface area (Å²) in [5.41, 5.74) is -1.31. The van der Waals surface area contributed by atoms with Gasteiger partial charge in [0.05, 0.1) is 12.0 Å². The predicted octanol–water partition coefficient (Wildman–Crippen LogP) is 4.41. The highest BCUT2D eigenvalue weighted by Crippen LogP contribution is 2.27. The van der Waals surface area contributed by atoms with E-state index in [1.165, 1.54) is 6.92 Å². The lowest BCUT2D eigenvalue weighted by molar-refractivity contribution is -0.149. The van der Waals surface area contributed by atoms with Crippen LogP contribution in [-0.4, -0.2) is 36.2 Å². The number of nitrogens with zero attached hydrogens (tertiary/aromatic N) is 2. The molecule has 1 amide bonds. The van der Waals surface area contributed by atoms with Gasteiger partial charge in [0.25, 0.3) is 5.91 Å². The maximum Gasteiger partial charge on any atom is 0.343 e. The summed E-state index contributed by atoms with van der Waals surface area (Å²) in [5.74, 6) is -8.35. The second-order valence-corrected chi connectivity index (χ2v) is 8.60. The van der Waals surface area contributed by atoms with Gasteiger partial charge in [-0.1, -0.05) is 60.7 Å². The van der Waals surface area contributed by atoms with Crippen molar-refractivity contribution in [1.82, 2.24) is 4.68 Å². The monoisotopic (exact) mass is 552 g/mol. The minimum absolute atomic E-state index is 0.118. The minimum atomic E-state index is -1.89. The van der Waals surface area contributed by atoms with Crippen molar-refractivity contribution < 1.29 is 37.0 Å². The second-order valence-electron chi connectivity index (χ2n) is 8.60. The number of amides is 1. The van der Waals surface area contributed by atoms with Gasteiger partial charge in [0.2, 0.25) is 5.43 Å². The van der Waals surface area contributed by atoms with E-state index < -0.39 is 69.7 Å². The standard InChI is InChI=1S/C29H23F3N2O6/c1-3-39-29(38)20-16-34(26-19(27(20)37)14-21(30)24(31)25(26)32)33(2)22(35)15-23(36)40-28(17-10-6-4-7-11-17)18-12-8-5-9-13-18/h4-14,16,28H,3,15H2,1-2H3. The minimum Gasteiger partial charge on any atom is -0.462 e. The topological polar surface area (TPSA) is 94.9 Å². The van der Waals surface area contributed by atoms with E-state index in [1.54, 1.807) is 60.7 Å². The zero-order valence-electron chi connectivity index (χ0n) is 21.4. The van der Waals surface area contributed by atoms with Crippen molar-refractivity contribution in [3.05, 3.63) is 117 Å². The molecule has 0 spiro atoms. The normalized spacial score (nSPS) is 10.9. The van der Waals surface area contributed by atoms with Gasteiger partial charge in [0.15, 0.2) is 23.6 Å². The van der Waals surface area contributed by atoms with Crippen molar-refractivity contribution in [3.63, 3.8) is 0 Å². The number of ether oxygens (including phenoxy) is 2.